The van der Waals surface area contributed by atoms with Crippen molar-refractivity contribution in [3.63, 3.8) is 0 Å². The van der Waals surface area contributed by atoms with Gasteiger partial charge in [0.1, 0.15) is 10.3 Å². The van der Waals surface area contributed by atoms with Gasteiger partial charge in [-0.15, -0.1) is 11.3 Å². The van der Waals surface area contributed by atoms with E-state index in [9.17, 15) is 0 Å². The molecule has 0 amide bonds. The van der Waals surface area contributed by atoms with E-state index in [1.165, 1.54) is 28.8 Å². The van der Waals surface area contributed by atoms with Crippen LogP contribution in [0, 0.1) is 5.41 Å². The minimum Gasteiger partial charge on any atom is -0.317 e. The predicted molar refractivity (Wildman–Crippen MR) is 95.3 cm³/mol. The molecule has 118 valence electrons. The van der Waals surface area contributed by atoms with E-state index in [1.54, 1.807) is 11.3 Å². The third-order valence-electron chi connectivity index (χ3n) is 4.55. The van der Waals surface area contributed by atoms with E-state index in [-0.39, 0.29) is 0 Å². The van der Waals surface area contributed by atoms with Crippen LogP contribution in [0.2, 0.25) is 5.02 Å². The summed E-state index contributed by atoms with van der Waals surface area (Å²) in [6, 6.07) is 7.93. The summed E-state index contributed by atoms with van der Waals surface area (Å²) < 4.78 is 1.97. The molecule has 2 heterocycles. The Morgan fingerprint density at radius 2 is 1.96 bits per heavy atom. The molecule has 0 unspecified atom stereocenters. The Bertz CT molecular complexity index is 908. The smallest absolute Gasteiger partial charge is 0.136 e. The first-order chi connectivity index (χ1) is 11.2. The lowest BCUT2D eigenvalue weighted by Crippen LogP contribution is -2.22. The molecular weight excluding hydrogens is 326 g/mol. The van der Waals surface area contributed by atoms with Gasteiger partial charge in [0.05, 0.1) is 11.7 Å². The van der Waals surface area contributed by atoms with Gasteiger partial charge in [0.25, 0.3) is 0 Å². The highest BCUT2D eigenvalue weighted by atomic mass is 35.5. The van der Waals surface area contributed by atoms with E-state index in [0.29, 0.717) is 5.49 Å². The number of rotatable bonds is 3. The van der Waals surface area contributed by atoms with E-state index in [2.05, 4.69) is 4.98 Å². The van der Waals surface area contributed by atoms with E-state index >= 15 is 0 Å². The molecule has 5 heteroatoms. The van der Waals surface area contributed by atoms with Gasteiger partial charge in [-0.25, -0.2) is 4.98 Å². The SMILES string of the molecule is N=c1c2c3c(sc2ncn1CCc1ccc(Cl)cc1)CCCC3. The number of nitrogens with one attached hydrogen (secondary N) is 1. The van der Waals surface area contributed by atoms with Crippen LogP contribution in [0.15, 0.2) is 30.6 Å². The van der Waals surface area contributed by atoms with Crippen molar-refractivity contribution in [3.05, 3.63) is 57.1 Å². The highest BCUT2D eigenvalue weighted by molar-refractivity contribution is 7.18. The number of halogens is 1. The number of nitrogens with zero attached hydrogens (tertiary/aromatic N) is 2. The lowest BCUT2D eigenvalue weighted by molar-refractivity contribution is 0.644. The Labute approximate surface area is 144 Å². The molecule has 0 fully saturated rings. The van der Waals surface area contributed by atoms with Crippen molar-refractivity contribution in [1.29, 1.82) is 5.41 Å². The average molecular weight is 344 g/mol. The molecule has 1 N–H and O–H groups in total. The Balaban J connectivity index is 1.66. The Hall–Kier alpha value is -1.65. The summed E-state index contributed by atoms with van der Waals surface area (Å²) in [7, 11) is 0. The van der Waals surface area contributed by atoms with E-state index in [1.807, 2.05) is 35.2 Å². The summed E-state index contributed by atoms with van der Waals surface area (Å²) in [5, 5.41) is 10.5. The van der Waals surface area contributed by atoms with E-state index in [0.717, 1.165) is 41.0 Å². The Kier molecular flexibility index (Phi) is 3.95. The van der Waals surface area contributed by atoms with E-state index in [4.69, 9.17) is 17.0 Å². The number of aryl methyl sites for hydroxylation is 4. The van der Waals surface area contributed by atoms with Crippen molar-refractivity contribution in [2.45, 2.75) is 38.6 Å². The second-order valence-corrected chi connectivity index (χ2v) is 7.57. The van der Waals surface area contributed by atoms with Gasteiger partial charge in [-0.05, 0) is 55.4 Å². The fourth-order valence-corrected chi connectivity index (χ4v) is 4.64. The van der Waals surface area contributed by atoms with Crippen molar-refractivity contribution in [3.8, 4) is 0 Å². The third kappa shape index (κ3) is 2.81. The van der Waals surface area contributed by atoms with Gasteiger partial charge in [0.2, 0.25) is 0 Å². The Morgan fingerprint density at radius 3 is 2.78 bits per heavy atom. The molecule has 4 rings (SSSR count). The lowest BCUT2D eigenvalue weighted by atomic mass is 9.97. The minimum absolute atomic E-state index is 0.614. The van der Waals surface area contributed by atoms with Gasteiger partial charge in [-0.2, -0.15) is 0 Å². The number of hydrogen-bond acceptors (Lipinski definition) is 3. The number of hydrogen-bond donors (Lipinski definition) is 1. The number of thiophene rings is 1. The third-order valence-corrected chi connectivity index (χ3v) is 6.00. The van der Waals surface area contributed by atoms with Gasteiger partial charge in [0, 0.05) is 16.4 Å². The summed E-state index contributed by atoms with van der Waals surface area (Å²) in [5.74, 6) is 0. The minimum atomic E-state index is 0.614. The zero-order valence-corrected chi connectivity index (χ0v) is 14.4. The molecule has 0 saturated heterocycles. The van der Waals surface area contributed by atoms with Gasteiger partial charge in [-0.1, -0.05) is 23.7 Å². The normalized spacial score (nSPS) is 14.1. The molecule has 3 nitrogen and oxygen atoms in total. The molecule has 0 saturated carbocycles. The first kappa shape index (κ1) is 14.9. The standard InChI is InChI=1S/C18H18ClN3S/c19-13-7-5-12(6-8-13)9-10-22-11-21-18-16(17(22)20)14-3-1-2-4-15(14)23-18/h5-8,11,20H,1-4,9-10H2. The summed E-state index contributed by atoms with van der Waals surface area (Å²) >= 11 is 7.71. The second kappa shape index (κ2) is 6.10. The summed E-state index contributed by atoms with van der Waals surface area (Å²) in [5.41, 5.74) is 3.23. The monoisotopic (exact) mass is 343 g/mol. The maximum Gasteiger partial charge on any atom is 0.136 e. The highest BCUT2D eigenvalue weighted by Crippen LogP contribution is 2.33. The van der Waals surface area contributed by atoms with E-state index < -0.39 is 0 Å². The number of benzene rings is 1. The molecule has 1 aromatic carbocycles. The first-order valence-electron chi connectivity index (χ1n) is 8.01. The van der Waals surface area contributed by atoms with Crippen LogP contribution in [0.1, 0.15) is 28.8 Å². The molecular formula is C18H18ClN3S. The van der Waals surface area contributed by atoms with Crippen molar-refractivity contribution >= 4 is 33.2 Å². The summed E-state index contributed by atoms with van der Waals surface area (Å²) in [6.07, 6.45) is 7.46. The van der Waals surface area contributed by atoms with Crippen LogP contribution in [-0.4, -0.2) is 9.55 Å². The first-order valence-corrected chi connectivity index (χ1v) is 9.20. The van der Waals surface area contributed by atoms with Crippen molar-refractivity contribution in [2.24, 2.45) is 0 Å². The van der Waals surface area contributed by atoms with Crippen LogP contribution in [-0.2, 0) is 25.8 Å². The Morgan fingerprint density at radius 1 is 1.17 bits per heavy atom. The second-order valence-electron chi connectivity index (χ2n) is 6.05. The molecule has 1 aliphatic carbocycles. The highest BCUT2D eigenvalue weighted by Gasteiger charge is 2.18. The topological polar surface area (TPSA) is 41.7 Å². The van der Waals surface area contributed by atoms with Gasteiger partial charge in [0.15, 0.2) is 0 Å². The quantitative estimate of drug-likeness (QED) is 0.754. The van der Waals surface area contributed by atoms with Crippen molar-refractivity contribution < 1.29 is 0 Å². The maximum atomic E-state index is 8.60. The largest absolute Gasteiger partial charge is 0.317 e. The number of aromatic nitrogens is 2. The van der Waals surface area contributed by atoms with Crippen LogP contribution in [0.3, 0.4) is 0 Å². The molecule has 3 aromatic rings. The predicted octanol–water partition coefficient (Wildman–Crippen LogP) is 4.35. The van der Waals surface area contributed by atoms with Gasteiger partial charge in [-0.3, -0.25) is 5.41 Å². The zero-order valence-electron chi connectivity index (χ0n) is 12.8. The lowest BCUT2D eigenvalue weighted by Gasteiger charge is -2.11. The molecule has 2 aromatic heterocycles. The molecule has 0 atom stereocenters. The fraction of sp³-hybridized carbons (Fsp3) is 0.333. The summed E-state index contributed by atoms with van der Waals surface area (Å²) in [6.45, 7) is 0.772. The van der Waals surface area contributed by atoms with Crippen molar-refractivity contribution in [2.75, 3.05) is 0 Å². The molecule has 0 radical (unpaired) electrons. The van der Waals surface area contributed by atoms with Crippen LogP contribution < -0.4 is 5.49 Å². The molecule has 0 aliphatic heterocycles. The maximum absolute atomic E-state index is 8.60. The fourth-order valence-electron chi connectivity index (χ4n) is 3.28. The van der Waals surface area contributed by atoms with Crippen LogP contribution >= 0.6 is 22.9 Å². The van der Waals surface area contributed by atoms with Crippen molar-refractivity contribution in [1.82, 2.24) is 9.55 Å². The molecule has 23 heavy (non-hydrogen) atoms. The zero-order chi connectivity index (χ0) is 15.8. The van der Waals surface area contributed by atoms with Gasteiger partial charge >= 0.3 is 0 Å². The van der Waals surface area contributed by atoms with Crippen LogP contribution in [0.25, 0.3) is 10.2 Å². The average Bonchev–Trinajstić information content (AvgIpc) is 2.95. The molecule has 0 bridgehead atoms. The van der Waals surface area contributed by atoms with Crippen LogP contribution in [0.5, 0.6) is 0 Å². The molecule has 1 aliphatic rings. The summed E-state index contributed by atoms with van der Waals surface area (Å²) in [4.78, 5) is 7.09. The van der Waals surface area contributed by atoms with Crippen LogP contribution in [0.4, 0.5) is 0 Å². The molecule has 0 spiro atoms. The van der Waals surface area contributed by atoms with Gasteiger partial charge < -0.3 is 4.57 Å². The number of fused-ring (bicyclic) bond motifs is 3.